The molecule has 4 rings (SSSR count). The Balaban J connectivity index is 1.39. The van der Waals surface area contributed by atoms with Crippen LogP contribution >= 0.6 is 22.9 Å². The van der Waals surface area contributed by atoms with Crippen LogP contribution in [0.4, 0.5) is 11.4 Å². The first-order chi connectivity index (χ1) is 15.4. The number of thiophene rings is 1. The van der Waals surface area contributed by atoms with Gasteiger partial charge in [0.15, 0.2) is 0 Å². The molecule has 2 aliphatic rings. The summed E-state index contributed by atoms with van der Waals surface area (Å²) >= 11 is 7.12. The van der Waals surface area contributed by atoms with E-state index in [4.69, 9.17) is 16.3 Å². The Labute approximate surface area is 195 Å². The van der Waals surface area contributed by atoms with E-state index in [1.54, 1.807) is 41.3 Å². The van der Waals surface area contributed by atoms with E-state index in [-0.39, 0.29) is 30.9 Å². The van der Waals surface area contributed by atoms with Crippen LogP contribution < -0.4 is 15.5 Å². The highest BCUT2D eigenvalue weighted by molar-refractivity contribution is 7.18. The van der Waals surface area contributed by atoms with Crippen LogP contribution in [0.2, 0.25) is 4.34 Å². The minimum Gasteiger partial charge on any atom is -0.370 e. The zero-order valence-electron chi connectivity index (χ0n) is 17.7. The van der Waals surface area contributed by atoms with Gasteiger partial charge in [-0.05, 0) is 56.3 Å². The van der Waals surface area contributed by atoms with Crippen molar-refractivity contribution >= 4 is 52.0 Å². The molecule has 1 aromatic carbocycles. The zero-order valence-corrected chi connectivity index (χ0v) is 19.2. The molecule has 0 unspecified atom stereocenters. The number of carbonyl (C=O) groups is 3. The first-order valence-electron chi connectivity index (χ1n) is 10.5. The molecule has 0 spiro atoms. The van der Waals surface area contributed by atoms with Gasteiger partial charge in [-0.15, -0.1) is 11.3 Å². The normalized spacial score (nSPS) is 17.3. The van der Waals surface area contributed by atoms with Gasteiger partial charge in [-0.2, -0.15) is 0 Å². The maximum Gasteiger partial charge on any atom is 0.261 e. The largest absolute Gasteiger partial charge is 0.370 e. The predicted molar refractivity (Wildman–Crippen MR) is 124 cm³/mol. The van der Waals surface area contributed by atoms with Crippen LogP contribution in [0.3, 0.4) is 0 Å². The lowest BCUT2D eigenvalue weighted by Gasteiger charge is -2.28. The van der Waals surface area contributed by atoms with E-state index >= 15 is 0 Å². The lowest BCUT2D eigenvalue weighted by Crippen LogP contribution is -2.50. The Bertz CT molecular complexity index is 992. The monoisotopic (exact) mass is 476 g/mol. The number of anilines is 2. The molecule has 3 amide bonds. The molecule has 0 bridgehead atoms. The zero-order chi connectivity index (χ0) is 22.7. The van der Waals surface area contributed by atoms with E-state index in [1.807, 2.05) is 11.9 Å². The fraction of sp³-hybridized carbons (Fsp3) is 0.409. The molecule has 2 fully saturated rings. The van der Waals surface area contributed by atoms with Crippen molar-refractivity contribution in [2.75, 3.05) is 43.6 Å². The summed E-state index contributed by atoms with van der Waals surface area (Å²) in [5.74, 6) is -0.524. The molecular formula is C22H25ClN4O4S. The summed E-state index contributed by atoms with van der Waals surface area (Å²) in [5.41, 5.74) is 1.40. The second-order valence-corrected chi connectivity index (χ2v) is 9.58. The molecular weight excluding hydrogens is 452 g/mol. The average molecular weight is 477 g/mol. The third-order valence-electron chi connectivity index (χ3n) is 5.60. The molecule has 0 radical (unpaired) electrons. The van der Waals surface area contributed by atoms with Crippen molar-refractivity contribution in [1.82, 2.24) is 10.2 Å². The van der Waals surface area contributed by atoms with Gasteiger partial charge in [-0.25, -0.2) is 0 Å². The van der Waals surface area contributed by atoms with Crippen molar-refractivity contribution in [2.24, 2.45) is 0 Å². The summed E-state index contributed by atoms with van der Waals surface area (Å²) in [6.07, 6.45) is 2.08. The number of hydrogen-bond donors (Lipinski definition) is 2. The predicted octanol–water partition coefficient (Wildman–Crippen LogP) is 2.60. The minimum absolute atomic E-state index is 0.0804. The summed E-state index contributed by atoms with van der Waals surface area (Å²) in [7, 11) is 1.91. The van der Waals surface area contributed by atoms with Crippen LogP contribution in [0.15, 0.2) is 36.4 Å². The number of nitrogens with one attached hydrogen (secondary N) is 2. The average Bonchev–Trinajstić information content (AvgIpc) is 3.55. The molecule has 170 valence electrons. The fourth-order valence-electron chi connectivity index (χ4n) is 3.61. The number of rotatable bonds is 8. The second-order valence-electron chi connectivity index (χ2n) is 7.86. The number of benzene rings is 1. The fourth-order valence-corrected chi connectivity index (χ4v) is 4.57. The van der Waals surface area contributed by atoms with Gasteiger partial charge in [0.1, 0.15) is 12.6 Å². The maximum absolute atomic E-state index is 13.1. The van der Waals surface area contributed by atoms with Crippen LogP contribution in [0, 0.1) is 0 Å². The van der Waals surface area contributed by atoms with E-state index in [1.165, 1.54) is 11.3 Å². The lowest BCUT2D eigenvalue weighted by molar-refractivity contribution is -0.125. The Kier molecular flexibility index (Phi) is 7.10. The van der Waals surface area contributed by atoms with Crippen LogP contribution in [0.5, 0.6) is 0 Å². The summed E-state index contributed by atoms with van der Waals surface area (Å²) in [5, 5.41) is 5.79. The molecule has 2 heterocycles. The van der Waals surface area contributed by atoms with Crippen molar-refractivity contribution in [3.63, 3.8) is 0 Å². The highest BCUT2D eigenvalue weighted by Gasteiger charge is 2.35. The first-order valence-corrected chi connectivity index (χ1v) is 11.7. The van der Waals surface area contributed by atoms with Gasteiger partial charge < -0.3 is 20.3 Å². The minimum atomic E-state index is -0.512. The molecule has 1 atom stereocenters. The molecule has 1 aromatic heterocycles. The molecule has 10 heteroatoms. The molecule has 2 N–H and O–H groups in total. The third kappa shape index (κ3) is 5.47. The van der Waals surface area contributed by atoms with Gasteiger partial charge in [-0.1, -0.05) is 11.6 Å². The number of ether oxygens (including phenoxy) is 1. The van der Waals surface area contributed by atoms with Gasteiger partial charge in [0.2, 0.25) is 5.91 Å². The lowest BCUT2D eigenvalue weighted by atomic mass is 10.2. The molecule has 32 heavy (non-hydrogen) atoms. The summed E-state index contributed by atoms with van der Waals surface area (Å²) in [6, 6.07) is 10.3. The van der Waals surface area contributed by atoms with Gasteiger partial charge in [0.05, 0.1) is 15.8 Å². The Morgan fingerprint density at radius 1 is 1.25 bits per heavy atom. The third-order valence-corrected chi connectivity index (χ3v) is 6.83. The highest BCUT2D eigenvalue weighted by Crippen LogP contribution is 2.28. The standard InChI is InChI=1S/C22H25ClN4O4S/c1-26(15-6-7-15)17(12-24-22(30)18-8-9-19(23)32-18)21(29)25-14-2-4-16(5-3-14)27-10-11-31-13-20(27)28/h2-5,8-9,15,17H,6-7,10-13H2,1H3,(H,24,30)(H,25,29)/t17-/m0/s1. The van der Waals surface area contributed by atoms with Crippen molar-refractivity contribution in [3.8, 4) is 0 Å². The number of likely N-dealkylation sites (N-methyl/N-ethyl adjacent to an activating group) is 1. The van der Waals surface area contributed by atoms with Gasteiger partial charge in [0.25, 0.3) is 11.8 Å². The first kappa shape index (κ1) is 22.7. The number of hydrogen-bond acceptors (Lipinski definition) is 6. The number of morpholine rings is 1. The molecule has 8 nitrogen and oxygen atoms in total. The quantitative estimate of drug-likeness (QED) is 0.611. The van der Waals surface area contributed by atoms with Gasteiger partial charge in [0, 0.05) is 30.5 Å². The van der Waals surface area contributed by atoms with E-state index in [0.717, 1.165) is 18.5 Å². The summed E-state index contributed by atoms with van der Waals surface area (Å²) < 4.78 is 5.71. The summed E-state index contributed by atoms with van der Waals surface area (Å²) in [6.45, 7) is 1.28. The van der Waals surface area contributed by atoms with Crippen LogP contribution in [-0.2, 0) is 14.3 Å². The van der Waals surface area contributed by atoms with Gasteiger partial charge in [-0.3, -0.25) is 19.3 Å². The van der Waals surface area contributed by atoms with Crippen molar-refractivity contribution in [1.29, 1.82) is 0 Å². The van der Waals surface area contributed by atoms with E-state index in [9.17, 15) is 14.4 Å². The van der Waals surface area contributed by atoms with E-state index in [0.29, 0.717) is 34.1 Å². The topological polar surface area (TPSA) is 91.0 Å². The van der Waals surface area contributed by atoms with Gasteiger partial charge >= 0.3 is 0 Å². The SMILES string of the molecule is CN(C1CC1)[C@@H](CNC(=O)c1ccc(Cl)s1)C(=O)Nc1ccc(N2CCOCC2=O)cc1. The molecule has 1 saturated carbocycles. The number of nitrogens with zero attached hydrogens (tertiary/aromatic N) is 2. The second kappa shape index (κ2) is 9.99. The van der Waals surface area contributed by atoms with E-state index in [2.05, 4.69) is 10.6 Å². The maximum atomic E-state index is 13.1. The smallest absolute Gasteiger partial charge is 0.261 e. The number of carbonyl (C=O) groups excluding carboxylic acids is 3. The molecule has 1 saturated heterocycles. The van der Waals surface area contributed by atoms with Crippen molar-refractivity contribution in [2.45, 2.75) is 24.9 Å². The van der Waals surface area contributed by atoms with Crippen molar-refractivity contribution < 1.29 is 19.1 Å². The van der Waals surface area contributed by atoms with E-state index < -0.39 is 6.04 Å². The number of amides is 3. The van der Waals surface area contributed by atoms with Crippen LogP contribution in [-0.4, -0.2) is 68.1 Å². The summed E-state index contributed by atoms with van der Waals surface area (Å²) in [4.78, 5) is 41.7. The van der Waals surface area contributed by atoms with Crippen molar-refractivity contribution in [3.05, 3.63) is 45.6 Å². The molecule has 2 aromatic rings. The highest BCUT2D eigenvalue weighted by atomic mass is 35.5. The van der Waals surface area contributed by atoms with Crippen LogP contribution in [0.1, 0.15) is 22.5 Å². The van der Waals surface area contributed by atoms with Crippen LogP contribution in [0.25, 0.3) is 0 Å². The Morgan fingerprint density at radius 2 is 2.00 bits per heavy atom. The molecule has 1 aliphatic heterocycles. The number of halogens is 1. The molecule has 1 aliphatic carbocycles. The Morgan fingerprint density at radius 3 is 2.62 bits per heavy atom. The Hall–Kier alpha value is -2.46.